The van der Waals surface area contributed by atoms with Gasteiger partial charge in [0.05, 0.1) is 0 Å². The molecule has 1 aromatic heterocycles. The van der Waals surface area contributed by atoms with E-state index in [-0.39, 0.29) is 0 Å². The Balaban J connectivity index is 1.52. The molecule has 2 aliphatic heterocycles. The Labute approximate surface area is 114 Å². The highest BCUT2D eigenvalue weighted by atomic mass is 35.5. The molecule has 18 heavy (non-hydrogen) atoms. The molecular weight excluding hydrogens is 246 g/mol. The standard InChI is InChI=1S/C14H20ClN3/c1-17-10-14(11-17)4-6-18(7-5-14)9-12-2-3-13(15)16-8-12/h2-3,8H,4-7,9-11H2,1H3. The fourth-order valence-electron chi connectivity index (χ4n) is 3.36. The average molecular weight is 266 g/mol. The van der Waals surface area contributed by atoms with E-state index in [1.807, 2.05) is 12.3 Å². The van der Waals surface area contributed by atoms with Gasteiger partial charge in [0.15, 0.2) is 0 Å². The number of hydrogen-bond acceptors (Lipinski definition) is 3. The highest BCUT2D eigenvalue weighted by Crippen LogP contribution is 2.39. The van der Waals surface area contributed by atoms with Crippen LogP contribution in [0.25, 0.3) is 0 Å². The maximum atomic E-state index is 5.80. The summed E-state index contributed by atoms with van der Waals surface area (Å²) in [5.41, 5.74) is 1.91. The molecule has 2 aliphatic rings. The molecule has 4 heteroatoms. The maximum Gasteiger partial charge on any atom is 0.129 e. The molecule has 1 spiro atoms. The van der Waals surface area contributed by atoms with Crippen LogP contribution in [-0.4, -0.2) is 48.0 Å². The minimum atomic E-state index is 0.578. The molecule has 1 aromatic rings. The average Bonchev–Trinajstić information content (AvgIpc) is 2.33. The zero-order valence-electron chi connectivity index (χ0n) is 10.9. The first-order valence-electron chi connectivity index (χ1n) is 6.67. The Morgan fingerprint density at radius 1 is 1.28 bits per heavy atom. The van der Waals surface area contributed by atoms with Gasteiger partial charge in [-0.05, 0) is 50.0 Å². The Hall–Kier alpha value is -0.640. The second-order valence-corrected chi connectivity index (χ2v) is 6.32. The summed E-state index contributed by atoms with van der Waals surface area (Å²) in [7, 11) is 2.22. The third kappa shape index (κ3) is 2.53. The summed E-state index contributed by atoms with van der Waals surface area (Å²) in [6, 6.07) is 3.96. The first kappa shape index (κ1) is 12.4. The fraction of sp³-hybridized carbons (Fsp3) is 0.643. The van der Waals surface area contributed by atoms with Crippen LogP contribution >= 0.6 is 11.6 Å². The summed E-state index contributed by atoms with van der Waals surface area (Å²) in [5, 5.41) is 0.578. The molecule has 2 saturated heterocycles. The predicted octanol–water partition coefficient (Wildman–Crippen LogP) is 2.26. The zero-order chi connectivity index (χ0) is 12.6. The van der Waals surface area contributed by atoms with Gasteiger partial charge in [0.25, 0.3) is 0 Å². The van der Waals surface area contributed by atoms with Gasteiger partial charge in [-0.25, -0.2) is 4.98 Å². The van der Waals surface area contributed by atoms with E-state index in [1.54, 1.807) is 0 Å². The van der Waals surface area contributed by atoms with E-state index in [0.29, 0.717) is 10.6 Å². The van der Waals surface area contributed by atoms with E-state index in [0.717, 1.165) is 6.54 Å². The van der Waals surface area contributed by atoms with Gasteiger partial charge >= 0.3 is 0 Å². The van der Waals surface area contributed by atoms with E-state index in [9.17, 15) is 0 Å². The molecule has 0 N–H and O–H groups in total. The highest BCUT2D eigenvalue weighted by Gasteiger charge is 2.42. The molecule has 0 unspecified atom stereocenters. The van der Waals surface area contributed by atoms with E-state index in [2.05, 4.69) is 27.9 Å². The minimum absolute atomic E-state index is 0.578. The zero-order valence-corrected chi connectivity index (χ0v) is 11.7. The summed E-state index contributed by atoms with van der Waals surface area (Å²) >= 11 is 5.80. The summed E-state index contributed by atoms with van der Waals surface area (Å²) in [5.74, 6) is 0. The molecule has 0 amide bonds. The maximum absolute atomic E-state index is 5.80. The van der Waals surface area contributed by atoms with Crippen molar-refractivity contribution in [2.75, 3.05) is 33.2 Å². The normalized spacial score (nSPS) is 24.1. The fourth-order valence-corrected chi connectivity index (χ4v) is 3.47. The van der Waals surface area contributed by atoms with Crippen LogP contribution in [0.2, 0.25) is 5.15 Å². The van der Waals surface area contributed by atoms with Crippen LogP contribution in [0.3, 0.4) is 0 Å². The number of likely N-dealkylation sites (tertiary alicyclic amines) is 2. The predicted molar refractivity (Wildman–Crippen MR) is 73.7 cm³/mol. The molecule has 3 nitrogen and oxygen atoms in total. The lowest BCUT2D eigenvalue weighted by molar-refractivity contribution is -0.0329. The highest BCUT2D eigenvalue weighted by molar-refractivity contribution is 6.29. The molecule has 3 heterocycles. The van der Waals surface area contributed by atoms with E-state index in [1.165, 1.54) is 44.6 Å². The quantitative estimate of drug-likeness (QED) is 0.765. The van der Waals surface area contributed by atoms with Crippen molar-refractivity contribution in [3.05, 3.63) is 29.0 Å². The SMILES string of the molecule is CN1CC2(CCN(Cc3ccc(Cl)nc3)CC2)C1. The van der Waals surface area contributed by atoms with Gasteiger partial charge in [0, 0.05) is 25.8 Å². The van der Waals surface area contributed by atoms with Crippen molar-refractivity contribution in [3.8, 4) is 0 Å². The van der Waals surface area contributed by atoms with Crippen molar-refractivity contribution in [2.45, 2.75) is 19.4 Å². The molecule has 0 saturated carbocycles. The Morgan fingerprint density at radius 3 is 2.56 bits per heavy atom. The van der Waals surface area contributed by atoms with Crippen molar-refractivity contribution in [1.82, 2.24) is 14.8 Å². The monoisotopic (exact) mass is 265 g/mol. The van der Waals surface area contributed by atoms with Crippen LogP contribution in [0, 0.1) is 5.41 Å². The third-order valence-electron chi connectivity index (χ3n) is 4.32. The van der Waals surface area contributed by atoms with Crippen LogP contribution in [0.4, 0.5) is 0 Å². The number of halogens is 1. The van der Waals surface area contributed by atoms with Crippen LogP contribution < -0.4 is 0 Å². The van der Waals surface area contributed by atoms with Crippen LogP contribution in [-0.2, 0) is 6.54 Å². The van der Waals surface area contributed by atoms with Crippen molar-refractivity contribution < 1.29 is 0 Å². The third-order valence-corrected chi connectivity index (χ3v) is 4.55. The van der Waals surface area contributed by atoms with Gasteiger partial charge in [0.1, 0.15) is 5.15 Å². The molecule has 0 aromatic carbocycles. The van der Waals surface area contributed by atoms with Crippen LogP contribution in [0.5, 0.6) is 0 Å². The van der Waals surface area contributed by atoms with Gasteiger partial charge in [0.2, 0.25) is 0 Å². The lowest BCUT2D eigenvalue weighted by Gasteiger charge is -2.53. The summed E-state index contributed by atoms with van der Waals surface area (Å²) in [4.78, 5) is 9.11. The number of nitrogens with zero attached hydrogens (tertiary/aromatic N) is 3. The van der Waals surface area contributed by atoms with Crippen LogP contribution in [0.1, 0.15) is 18.4 Å². The number of piperidine rings is 1. The Morgan fingerprint density at radius 2 is 2.00 bits per heavy atom. The molecular formula is C14H20ClN3. The molecule has 3 rings (SSSR count). The number of rotatable bonds is 2. The number of hydrogen-bond donors (Lipinski definition) is 0. The molecule has 98 valence electrons. The van der Waals surface area contributed by atoms with Crippen molar-refractivity contribution in [2.24, 2.45) is 5.41 Å². The summed E-state index contributed by atoms with van der Waals surface area (Å²) in [6.45, 7) is 6.04. The molecule has 0 radical (unpaired) electrons. The van der Waals surface area contributed by atoms with Gasteiger partial charge < -0.3 is 4.90 Å². The first-order chi connectivity index (χ1) is 8.65. The van der Waals surface area contributed by atoms with Crippen LogP contribution in [0.15, 0.2) is 18.3 Å². The number of aromatic nitrogens is 1. The lowest BCUT2D eigenvalue weighted by Crippen LogP contribution is -2.58. The molecule has 0 aliphatic carbocycles. The Bertz CT molecular complexity index is 402. The molecule has 0 bridgehead atoms. The second-order valence-electron chi connectivity index (χ2n) is 5.94. The smallest absolute Gasteiger partial charge is 0.129 e. The van der Waals surface area contributed by atoms with E-state index < -0.39 is 0 Å². The van der Waals surface area contributed by atoms with Crippen molar-refractivity contribution in [1.29, 1.82) is 0 Å². The number of pyridine rings is 1. The van der Waals surface area contributed by atoms with E-state index >= 15 is 0 Å². The van der Waals surface area contributed by atoms with Gasteiger partial charge in [-0.1, -0.05) is 17.7 Å². The largest absolute Gasteiger partial charge is 0.305 e. The Kier molecular flexibility index (Phi) is 3.31. The van der Waals surface area contributed by atoms with Gasteiger partial charge in [-0.15, -0.1) is 0 Å². The second kappa shape index (κ2) is 4.80. The van der Waals surface area contributed by atoms with Crippen molar-refractivity contribution >= 4 is 11.6 Å². The van der Waals surface area contributed by atoms with Gasteiger partial charge in [-0.3, -0.25) is 4.90 Å². The summed E-state index contributed by atoms with van der Waals surface area (Å²) in [6.07, 6.45) is 4.58. The first-order valence-corrected chi connectivity index (χ1v) is 7.04. The molecule has 0 atom stereocenters. The van der Waals surface area contributed by atoms with E-state index in [4.69, 9.17) is 11.6 Å². The summed E-state index contributed by atoms with van der Waals surface area (Å²) < 4.78 is 0. The lowest BCUT2D eigenvalue weighted by atomic mass is 9.72. The molecule has 2 fully saturated rings. The minimum Gasteiger partial charge on any atom is -0.305 e. The van der Waals surface area contributed by atoms with Gasteiger partial charge in [-0.2, -0.15) is 0 Å². The van der Waals surface area contributed by atoms with Crippen molar-refractivity contribution in [3.63, 3.8) is 0 Å². The topological polar surface area (TPSA) is 19.4 Å².